The van der Waals surface area contributed by atoms with Crippen LogP contribution < -0.4 is 5.73 Å². The fraction of sp³-hybridized carbons (Fsp3) is 0.750. The van der Waals surface area contributed by atoms with Crippen molar-refractivity contribution in [3.63, 3.8) is 0 Å². The molecular weight excluding hydrogens is 264 g/mol. The normalized spacial score (nSPS) is 17.3. The first-order valence-electron chi connectivity index (χ1n) is 5.27. The third kappa shape index (κ3) is 2.41. The van der Waals surface area contributed by atoms with Gasteiger partial charge in [0.15, 0.2) is 0 Å². The molecule has 1 aromatic rings. The van der Waals surface area contributed by atoms with Crippen molar-refractivity contribution in [1.82, 2.24) is 14.5 Å². The van der Waals surface area contributed by atoms with Crippen LogP contribution in [0.3, 0.4) is 0 Å². The molecule has 0 radical (unpaired) electrons. The Bertz CT molecular complexity index is 483. The molecule has 1 fully saturated rings. The minimum absolute atomic E-state index is 0.0303. The summed E-state index contributed by atoms with van der Waals surface area (Å²) in [6.45, 7) is -0.115. The molecule has 3 N–H and O–H groups in total. The van der Waals surface area contributed by atoms with Crippen LogP contribution in [-0.2, 0) is 10.0 Å². The van der Waals surface area contributed by atoms with Crippen molar-refractivity contribution in [2.45, 2.75) is 29.6 Å². The molecule has 0 aliphatic heterocycles. The molecule has 0 amide bonds. The number of rotatable bonds is 5. The molecule has 9 heteroatoms. The number of aliphatic hydroxyl groups excluding tert-OH is 1. The number of nitrogen functional groups attached to an aromatic ring is 1. The van der Waals surface area contributed by atoms with Crippen LogP contribution in [0.5, 0.6) is 0 Å². The Kier molecular flexibility index (Phi) is 3.61. The summed E-state index contributed by atoms with van der Waals surface area (Å²) >= 11 is 0.845. The number of aliphatic hydroxyl groups is 1. The smallest absolute Gasteiger partial charge is 0.272 e. The molecule has 1 saturated carbocycles. The summed E-state index contributed by atoms with van der Waals surface area (Å²) in [5, 5.41) is 16.2. The molecule has 0 spiro atoms. The van der Waals surface area contributed by atoms with Crippen LogP contribution in [0.1, 0.15) is 19.3 Å². The van der Waals surface area contributed by atoms with E-state index < -0.39 is 10.0 Å². The highest BCUT2D eigenvalue weighted by Gasteiger charge is 2.36. The van der Waals surface area contributed by atoms with Gasteiger partial charge in [0, 0.05) is 12.6 Å². The van der Waals surface area contributed by atoms with Crippen molar-refractivity contribution < 1.29 is 13.5 Å². The van der Waals surface area contributed by atoms with Crippen molar-refractivity contribution in [3.8, 4) is 0 Å². The Morgan fingerprint density at radius 2 is 2.18 bits per heavy atom. The topological polar surface area (TPSA) is 109 Å². The monoisotopic (exact) mass is 278 g/mol. The predicted molar refractivity (Wildman–Crippen MR) is 62.9 cm³/mol. The van der Waals surface area contributed by atoms with E-state index in [2.05, 4.69) is 10.2 Å². The highest BCUT2D eigenvalue weighted by atomic mass is 32.2. The summed E-state index contributed by atoms with van der Waals surface area (Å²) < 4.78 is 25.7. The van der Waals surface area contributed by atoms with Crippen molar-refractivity contribution in [1.29, 1.82) is 0 Å². The van der Waals surface area contributed by atoms with Crippen molar-refractivity contribution in [3.05, 3.63) is 0 Å². The maximum absolute atomic E-state index is 12.2. The summed E-state index contributed by atoms with van der Waals surface area (Å²) in [7, 11) is -3.66. The highest BCUT2D eigenvalue weighted by molar-refractivity contribution is 7.91. The molecule has 17 heavy (non-hydrogen) atoms. The van der Waals surface area contributed by atoms with Gasteiger partial charge in [0.2, 0.25) is 9.47 Å². The zero-order chi connectivity index (χ0) is 12.5. The van der Waals surface area contributed by atoms with Gasteiger partial charge in [-0.1, -0.05) is 17.8 Å². The zero-order valence-electron chi connectivity index (χ0n) is 9.11. The second-order valence-corrected chi connectivity index (χ2v) is 6.90. The van der Waals surface area contributed by atoms with Gasteiger partial charge in [0.1, 0.15) is 0 Å². The zero-order valence-corrected chi connectivity index (χ0v) is 10.7. The maximum atomic E-state index is 12.2. The number of aromatic nitrogens is 2. The third-order valence-corrected chi connectivity index (χ3v) is 5.80. The number of sulfonamides is 1. The van der Waals surface area contributed by atoms with Crippen molar-refractivity contribution in [2.75, 3.05) is 18.9 Å². The van der Waals surface area contributed by atoms with E-state index in [1.165, 1.54) is 4.31 Å². The fourth-order valence-corrected chi connectivity index (χ4v) is 4.27. The Balaban J connectivity index is 2.27. The van der Waals surface area contributed by atoms with E-state index in [1.54, 1.807) is 0 Å². The molecule has 0 unspecified atom stereocenters. The van der Waals surface area contributed by atoms with Gasteiger partial charge in [-0.15, -0.1) is 10.2 Å². The average Bonchev–Trinajstić information content (AvgIpc) is 2.62. The second kappa shape index (κ2) is 4.84. The quantitative estimate of drug-likeness (QED) is 0.762. The first kappa shape index (κ1) is 12.7. The Labute approximate surface area is 103 Å². The lowest BCUT2D eigenvalue weighted by Crippen LogP contribution is -2.45. The molecule has 0 atom stereocenters. The van der Waals surface area contributed by atoms with Crippen LogP contribution in [0.15, 0.2) is 4.34 Å². The van der Waals surface area contributed by atoms with Crippen LogP contribution in [0.2, 0.25) is 0 Å². The average molecular weight is 278 g/mol. The van der Waals surface area contributed by atoms with Gasteiger partial charge in [-0.2, -0.15) is 4.31 Å². The lowest BCUT2D eigenvalue weighted by atomic mass is 9.93. The van der Waals surface area contributed by atoms with Gasteiger partial charge in [0.05, 0.1) is 6.61 Å². The molecule has 1 aliphatic carbocycles. The lowest BCUT2D eigenvalue weighted by Gasteiger charge is -2.35. The van der Waals surface area contributed by atoms with E-state index in [0.717, 1.165) is 30.6 Å². The molecule has 0 saturated heterocycles. The van der Waals surface area contributed by atoms with E-state index in [9.17, 15) is 8.42 Å². The Hall–Kier alpha value is -0.770. The first-order chi connectivity index (χ1) is 8.05. The van der Waals surface area contributed by atoms with Gasteiger partial charge in [-0.25, -0.2) is 8.42 Å². The predicted octanol–water partition coefficient (Wildman–Crippen LogP) is -0.344. The summed E-state index contributed by atoms with van der Waals surface area (Å²) in [6, 6.07) is -0.0303. The minimum atomic E-state index is -3.66. The molecule has 7 nitrogen and oxygen atoms in total. The van der Waals surface area contributed by atoms with Crippen LogP contribution in [-0.4, -0.2) is 47.2 Å². The van der Waals surface area contributed by atoms with Crippen LogP contribution >= 0.6 is 11.3 Å². The molecule has 2 rings (SSSR count). The molecule has 1 aromatic heterocycles. The second-order valence-electron chi connectivity index (χ2n) is 3.83. The first-order valence-corrected chi connectivity index (χ1v) is 7.53. The van der Waals surface area contributed by atoms with E-state index in [1.807, 2.05) is 0 Å². The standard InChI is InChI=1S/C8H14N4O3S2/c9-7-10-11-8(16-7)17(14,15)12(4-5-13)6-2-1-3-6/h6,13H,1-5H2,(H2,9,10). The third-order valence-electron chi connectivity index (χ3n) is 2.75. The number of anilines is 1. The van der Waals surface area contributed by atoms with Crippen molar-refractivity contribution in [2.24, 2.45) is 0 Å². The number of hydrogen-bond donors (Lipinski definition) is 2. The van der Waals surface area contributed by atoms with Crippen molar-refractivity contribution >= 4 is 26.5 Å². The number of nitrogens with zero attached hydrogens (tertiary/aromatic N) is 3. The summed E-state index contributed by atoms with van der Waals surface area (Å²) in [5.74, 6) is 0. The van der Waals surface area contributed by atoms with Gasteiger partial charge >= 0.3 is 0 Å². The van der Waals surface area contributed by atoms with E-state index in [0.29, 0.717) is 0 Å². The van der Waals surface area contributed by atoms with E-state index in [4.69, 9.17) is 10.8 Å². The molecule has 1 aliphatic rings. The molecule has 0 aromatic carbocycles. The fourth-order valence-electron chi connectivity index (χ4n) is 1.70. The number of nitrogens with two attached hydrogens (primary N) is 1. The van der Waals surface area contributed by atoms with Crippen LogP contribution in [0.25, 0.3) is 0 Å². The Morgan fingerprint density at radius 1 is 1.47 bits per heavy atom. The largest absolute Gasteiger partial charge is 0.395 e. The number of hydrogen-bond acceptors (Lipinski definition) is 7. The summed E-state index contributed by atoms with van der Waals surface area (Å²) in [6.07, 6.45) is 2.67. The summed E-state index contributed by atoms with van der Waals surface area (Å²) in [4.78, 5) is 0. The SMILES string of the molecule is Nc1nnc(S(=O)(=O)N(CCO)C2CCC2)s1. The highest BCUT2D eigenvalue weighted by Crippen LogP contribution is 2.30. The van der Waals surface area contributed by atoms with Crippen LogP contribution in [0.4, 0.5) is 5.13 Å². The van der Waals surface area contributed by atoms with Gasteiger partial charge in [-0.3, -0.25) is 0 Å². The molecule has 1 heterocycles. The maximum Gasteiger partial charge on any atom is 0.272 e. The molecule has 0 bridgehead atoms. The molecular formula is C8H14N4O3S2. The van der Waals surface area contributed by atoms with Gasteiger partial charge in [-0.05, 0) is 12.8 Å². The lowest BCUT2D eigenvalue weighted by molar-refractivity contribution is 0.178. The summed E-state index contributed by atoms with van der Waals surface area (Å²) in [5.41, 5.74) is 5.38. The molecule has 96 valence electrons. The van der Waals surface area contributed by atoms with Gasteiger partial charge in [0.25, 0.3) is 10.0 Å². The minimum Gasteiger partial charge on any atom is -0.395 e. The Morgan fingerprint density at radius 3 is 2.59 bits per heavy atom. The van der Waals surface area contributed by atoms with Crippen LogP contribution in [0, 0.1) is 0 Å². The van der Waals surface area contributed by atoms with E-state index >= 15 is 0 Å². The van der Waals surface area contributed by atoms with E-state index in [-0.39, 0.29) is 28.7 Å². The van der Waals surface area contributed by atoms with Gasteiger partial charge < -0.3 is 10.8 Å².